The monoisotopic (exact) mass is 146 g/mol. The number of hydrogen-bond donors (Lipinski definition) is 0. The number of pyridine rings is 1. The van der Waals surface area contributed by atoms with Crippen molar-refractivity contribution < 1.29 is 0 Å². The van der Waals surface area contributed by atoms with Crippen LogP contribution >= 0.6 is 0 Å². The first-order chi connectivity index (χ1) is 5.27. The van der Waals surface area contributed by atoms with Crippen molar-refractivity contribution in [2.75, 3.05) is 0 Å². The highest BCUT2D eigenvalue weighted by molar-refractivity contribution is 5.52. The Kier molecular flexibility index (Phi) is 1.22. The average molecular weight is 146 g/mol. The van der Waals surface area contributed by atoms with Gasteiger partial charge in [-0.05, 0) is 31.5 Å². The molecule has 0 fully saturated rings. The summed E-state index contributed by atoms with van der Waals surface area (Å²) in [6.07, 6.45) is 3.87. The molecule has 2 aromatic rings. The van der Waals surface area contributed by atoms with Gasteiger partial charge in [-0.3, -0.25) is 0 Å². The van der Waals surface area contributed by atoms with E-state index in [0.717, 1.165) is 5.69 Å². The summed E-state index contributed by atoms with van der Waals surface area (Å²) in [6, 6.07) is 4.22. The van der Waals surface area contributed by atoms with E-state index in [1.165, 1.54) is 11.1 Å². The van der Waals surface area contributed by atoms with Crippen LogP contribution in [0.15, 0.2) is 24.7 Å². The van der Waals surface area contributed by atoms with Gasteiger partial charge in [-0.25, -0.2) is 4.98 Å². The molecule has 2 nitrogen and oxygen atoms in total. The number of rotatable bonds is 0. The van der Waals surface area contributed by atoms with E-state index >= 15 is 0 Å². The smallest absolute Gasteiger partial charge is 0.0995 e. The van der Waals surface area contributed by atoms with E-state index in [1.54, 1.807) is 0 Å². The number of imidazole rings is 1. The summed E-state index contributed by atoms with van der Waals surface area (Å²) >= 11 is 0. The molecule has 0 aliphatic carbocycles. The highest BCUT2D eigenvalue weighted by Gasteiger charge is 1.96. The molecule has 0 aliphatic heterocycles. The molecule has 0 aliphatic rings. The largest absolute Gasteiger partial charge is 0.306 e. The maximum absolute atomic E-state index is 4.20. The van der Waals surface area contributed by atoms with Crippen molar-refractivity contribution in [3.05, 3.63) is 35.9 Å². The lowest BCUT2D eigenvalue weighted by Gasteiger charge is -1.94. The maximum Gasteiger partial charge on any atom is 0.0995 e. The number of hydrogen-bond acceptors (Lipinski definition) is 1. The Hall–Kier alpha value is -1.31. The van der Waals surface area contributed by atoms with Gasteiger partial charge >= 0.3 is 0 Å². The maximum atomic E-state index is 4.20. The second kappa shape index (κ2) is 2.09. The van der Waals surface area contributed by atoms with Gasteiger partial charge in [0.05, 0.1) is 17.5 Å². The van der Waals surface area contributed by atoms with Crippen molar-refractivity contribution in [2.24, 2.45) is 0 Å². The molecule has 0 saturated heterocycles. The Morgan fingerprint density at radius 1 is 1.36 bits per heavy atom. The summed E-state index contributed by atoms with van der Waals surface area (Å²) in [5, 5.41) is 0. The zero-order valence-corrected chi connectivity index (χ0v) is 6.70. The van der Waals surface area contributed by atoms with E-state index in [2.05, 4.69) is 24.0 Å². The second-order valence-electron chi connectivity index (χ2n) is 2.83. The average Bonchev–Trinajstić information content (AvgIpc) is 2.33. The van der Waals surface area contributed by atoms with Crippen molar-refractivity contribution in [1.29, 1.82) is 0 Å². The minimum Gasteiger partial charge on any atom is -0.306 e. The van der Waals surface area contributed by atoms with Gasteiger partial charge in [0, 0.05) is 6.20 Å². The normalized spacial score (nSPS) is 10.7. The molecule has 11 heavy (non-hydrogen) atoms. The van der Waals surface area contributed by atoms with Crippen LogP contribution in [0.1, 0.15) is 11.3 Å². The van der Waals surface area contributed by atoms with Gasteiger partial charge < -0.3 is 4.40 Å². The van der Waals surface area contributed by atoms with Crippen molar-refractivity contribution in [2.45, 2.75) is 13.8 Å². The molecule has 2 heteroatoms. The highest BCUT2D eigenvalue weighted by atomic mass is 15.0. The Morgan fingerprint density at radius 3 is 3.00 bits per heavy atom. The van der Waals surface area contributed by atoms with E-state index in [4.69, 9.17) is 0 Å². The third kappa shape index (κ3) is 0.909. The standard InChI is InChI=1S/C9H10N2/c1-7-3-4-11-6-10-8(2)9(11)5-7/h3-6H,1-2H3. The van der Waals surface area contributed by atoms with Crippen molar-refractivity contribution in [1.82, 2.24) is 9.38 Å². The fourth-order valence-electron chi connectivity index (χ4n) is 1.22. The lowest BCUT2D eigenvalue weighted by molar-refractivity contribution is 1.14. The van der Waals surface area contributed by atoms with Gasteiger partial charge in [-0.15, -0.1) is 0 Å². The molecular weight excluding hydrogens is 136 g/mol. The zero-order chi connectivity index (χ0) is 7.84. The summed E-state index contributed by atoms with van der Waals surface area (Å²) < 4.78 is 2.03. The predicted molar refractivity (Wildman–Crippen MR) is 44.7 cm³/mol. The SMILES string of the molecule is Cc1ccn2cnc(C)c2c1. The lowest BCUT2D eigenvalue weighted by atomic mass is 10.2. The fraction of sp³-hybridized carbons (Fsp3) is 0.222. The van der Waals surface area contributed by atoms with E-state index < -0.39 is 0 Å². The first-order valence-electron chi connectivity index (χ1n) is 3.67. The summed E-state index contributed by atoms with van der Waals surface area (Å²) in [5.41, 5.74) is 3.57. The van der Waals surface area contributed by atoms with Crippen LogP contribution in [0.4, 0.5) is 0 Å². The molecule has 0 saturated carbocycles. The van der Waals surface area contributed by atoms with Crippen LogP contribution in [-0.2, 0) is 0 Å². The van der Waals surface area contributed by atoms with Gasteiger partial charge in [-0.2, -0.15) is 0 Å². The summed E-state index contributed by atoms with van der Waals surface area (Å²) in [6.45, 7) is 4.11. The molecule has 2 aromatic heterocycles. The lowest BCUT2D eigenvalue weighted by Crippen LogP contribution is -1.82. The third-order valence-electron chi connectivity index (χ3n) is 1.89. The summed E-state index contributed by atoms with van der Waals surface area (Å²) in [7, 11) is 0. The molecule has 0 aromatic carbocycles. The molecular formula is C9H10N2. The van der Waals surface area contributed by atoms with Crippen LogP contribution in [0.3, 0.4) is 0 Å². The van der Waals surface area contributed by atoms with E-state index in [-0.39, 0.29) is 0 Å². The molecule has 0 N–H and O–H groups in total. The van der Waals surface area contributed by atoms with Crippen LogP contribution in [0.2, 0.25) is 0 Å². The van der Waals surface area contributed by atoms with Crippen LogP contribution in [-0.4, -0.2) is 9.38 Å². The van der Waals surface area contributed by atoms with Gasteiger partial charge in [0.15, 0.2) is 0 Å². The Balaban J connectivity index is 2.87. The molecule has 2 heterocycles. The topological polar surface area (TPSA) is 17.3 Å². The Morgan fingerprint density at radius 2 is 2.18 bits per heavy atom. The minimum atomic E-state index is 1.09. The van der Waals surface area contributed by atoms with Crippen LogP contribution in [0, 0.1) is 13.8 Å². The van der Waals surface area contributed by atoms with Crippen molar-refractivity contribution >= 4 is 5.52 Å². The molecule has 0 unspecified atom stereocenters. The van der Waals surface area contributed by atoms with E-state index in [9.17, 15) is 0 Å². The first-order valence-corrected chi connectivity index (χ1v) is 3.67. The molecule has 0 spiro atoms. The number of nitrogens with zero attached hydrogens (tertiary/aromatic N) is 2. The van der Waals surface area contributed by atoms with Crippen LogP contribution < -0.4 is 0 Å². The van der Waals surface area contributed by atoms with E-state index in [0.29, 0.717) is 0 Å². The van der Waals surface area contributed by atoms with Crippen LogP contribution in [0.25, 0.3) is 5.52 Å². The first kappa shape index (κ1) is 6.40. The highest BCUT2D eigenvalue weighted by Crippen LogP contribution is 2.09. The number of fused-ring (bicyclic) bond motifs is 1. The number of aryl methyl sites for hydroxylation is 2. The van der Waals surface area contributed by atoms with Crippen LogP contribution in [0.5, 0.6) is 0 Å². The van der Waals surface area contributed by atoms with Gasteiger partial charge in [-0.1, -0.05) is 0 Å². The van der Waals surface area contributed by atoms with Gasteiger partial charge in [0.25, 0.3) is 0 Å². The summed E-state index contributed by atoms with van der Waals surface area (Å²) in [5.74, 6) is 0. The molecule has 0 bridgehead atoms. The molecule has 2 rings (SSSR count). The minimum absolute atomic E-state index is 1.09. The van der Waals surface area contributed by atoms with E-state index in [1.807, 2.05) is 23.8 Å². The molecule has 0 amide bonds. The third-order valence-corrected chi connectivity index (χ3v) is 1.89. The Labute approximate surface area is 65.5 Å². The van der Waals surface area contributed by atoms with Gasteiger partial charge in [0.1, 0.15) is 0 Å². The number of aromatic nitrogens is 2. The molecule has 0 radical (unpaired) electrons. The fourth-order valence-corrected chi connectivity index (χ4v) is 1.22. The Bertz CT molecular complexity index is 387. The molecule has 56 valence electrons. The quantitative estimate of drug-likeness (QED) is 0.555. The van der Waals surface area contributed by atoms with Crippen molar-refractivity contribution in [3.63, 3.8) is 0 Å². The second-order valence-corrected chi connectivity index (χ2v) is 2.83. The van der Waals surface area contributed by atoms with Crippen molar-refractivity contribution in [3.8, 4) is 0 Å². The zero-order valence-electron chi connectivity index (χ0n) is 6.70. The van der Waals surface area contributed by atoms with Gasteiger partial charge in [0.2, 0.25) is 0 Å². The predicted octanol–water partition coefficient (Wildman–Crippen LogP) is 1.95. The molecule has 0 atom stereocenters. The summed E-state index contributed by atoms with van der Waals surface area (Å²) in [4.78, 5) is 4.20.